The van der Waals surface area contributed by atoms with E-state index in [1.54, 1.807) is 12.1 Å². The zero-order chi connectivity index (χ0) is 19.0. The molecule has 0 spiro atoms. The maximum absolute atomic E-state index is 11.6. The molecule has 146 valence electrons. The number of nitro benzene ring substituents is 1. The molecule has 1 aromatic rings. The molecule has 0 aromatic heterocycles. The summed E-state index contributed by atoms with van der Waals surface area (Å²) in [5, 5.41) is 20.4. The van der Waals surface area contributed by atoms with Crippen LogP contribution in [0.25, 0.3) is 0 Å². The molecule has 0 amide bonds. The lowest BCUT2D eigenvalue weighted by Crippen LogP contribution is -2.64. The highest BCUT2D eigenvalue weighted by Crippen LogP contribution is 2.43. The summed E-state index contributed by atoms with van der Waals surface area (Å²) < 4.78 is 0. The Bertz CT molecular complexity index is 706. The highest BCUT2D eigenvalue weighted by Gasteiger charge is 2.48. The third-order valence-corrected chi connectivity index (χ3v) is 6.70. The highest BCUT2D eigenvalue weighted by atomic mass is 16.6. The minimum absolute atomic E-state index is 0.0415. The number of non-ortho nitro benzene ring substituents is 1. The Morgan fingerprint density at radius 1 is 1.19 bits per heavy atom. The summed E-state index contributed by atoms with van der Waals surface area (Å²) in [6.07, 6.45) is 4.87. The van der Waals surface area contributed by atoms with Gasteiger partial charge in [0.15, 0.2) is 0 Å². The van der Waals surface area contributed by atoms with E-state index < -0.39 is 5.97 Å². The van der Waals surface area contributed by atoms with Crippen molar-refractivity contribution in [1.29, 1.82) is 0 Å². The number of likely N-dealkylation sites (tertiary alicyclic amines) is 1. The minimum atomic E-state index is -0.736. The summed E-state index contributed by atoms with van der Waals surface area (Å²) >= 11 is 0. The summed E-state index contributed by atoms with van der Waals surface area (Å²) in [5.41, 5.74) is 1.10. The molecular formula is C20H27N3O4. The molecule has 3 fully saturated rings. The molecule has 7 heteroatoms. The van der Waals surface area contributed by atoms with Crippen LogP contribution in [0.2, 0.25) is 0 Å². The first-order chi connectivity index (χ1) is 13.0. The van der Waals surface area contributed by atoms with Crippen molar-refractivity contribution in [1.82, 2.24) is 9.80 Å². The zero-order valence-electron chi connectivity index (χ0n) is 15.5. The predicted molar refractivity (Wildman–Crippen MR) is 100 cm³/mol. The van der Waals surface area contributed by atoms with Gasteiger partial charge in [-0.2, -0.15) is 0 Å². The van der Waals surface area contributed by atoms with Crippen LogP contribution in [-0.2, 0) is 11.3 Å². The summed E-state index contributed by atoms with van der Waals surface area (Å²) in [4.78, 5) is 27.0. The highest BCUT2D eigenvalue weighted by molar-refractivity contribution is 5.67. The molecule has 7 nitrogen and oxygen atoms in total. The molecule has 0 saturated carbocycles. The fraction of sp³-hybridized carbons (Fsp3) is 0.650. The number of hydrogen-bond donors (Lipinski definition) is 1. The molecule has 0 aliphatic carbocycles. The van der Waals surface area contributed by atoms with Crippen molar-refractivity contribution in [3.63, 3.8) is 0 Å². The van der Waals surface area contributed by atoms with Crippen LogP contribution < -0.4 is 0 Å². The van der Waals surface area contributed by atoms with Gasteiger partial charge in [0.05, 0.1) is 11.3 Å². The number of rotatable bonds is 5. The summed E-state index contributed by atoms with van der Waals surface area (Å²) in [7, 11) is 0. The average molecular weight is 373 g/mol. The Kier molecular flexibility index (Phi) is 5.14. The zero-order valence-corrected chi connectivity index (χ0v) is 15.5. The monoisotopic (exact) mass is 373 g/mol. The van der Waals surface area contributed by atoms with Gasteiger partial charge < -0.3 is 5.11 Å². The van der Waals surface area contributed by atoms with Crippen LogP contribution in [0.3, 0.4) is 0 Å². The van der Waals surface area contributed by atoms with Crippen LogP contribution in [0.5, 0.6) is 0 Å². The van der Waals surface area contributed by atoms with Gasteiger partial charge in [-0.1, -0.05) is 12.1 Å². The maximum Gasteiger partial charge on any atom is 0.304 e. The van der Waals surface area contributed by atoms with Gasteiger partial charge >= 0.3 is 5.97 Å². The number of benzene rings is 1. The molecule has 3 aliphatic rings. The molecular weight excluding hydrogens is 346 g/mol. The first-order valence-electron chi connectivity index (χ1n) is 9.96. The molecule has 1 N–H and O–H groups in total. The topological polar surface area (TPSA) is 86.9 Å². The molecule has 0 unspecified atom stereocenters. The molecule has 3 heterocycles. The Morgan fingerprint density at radius 3 is 2.56 bits per heavy atom. The van der Waals surface area contributed by atoms with E-state index in [0.29, 0.717) is 24.4 Å². The van der Waals surface area contributed by atoms with Crippen molar-refractivity contribution in [2.75, 3.05) is 19.6 Å². The van der Waals surface area contributed by atoms with Crippen molar-refractivity contribution >= 4 is 11.7 Å². The van der Waals surface area contributed by atoms with E-state index in [1.807, 2.05) is 0 Å². The number of aliphatic carboxylic acids is 1. The molecule has 4 atom stereocenters. The lowest BCUT2D eigenvalue weighted by Gasteiger charge is -2.57. The third kappa shape index (κ3) is 3.71. The lowest BCUT2D eigenvalue weighted by atomic mass is 9.69. The van der Waals surface area contributed by atoms with Crippen LogP contribution in [0.4, 0.5) is 5.69 Å². The van der Waals surface area contributed by atoms with E-state index in [9.17, 15) is 20.0 Å². The lowest BCUT2D eigenvalue weighted by molar-refractivity contribution is -0.384. The molecule has 3 saturated heterocycles. The fourth-order valence-electron chi connectivity index (χ4n) is 5.68. The van der Waals surface area contributed by atoms with Gasteiger partial charge in [0, 0.05) is 37.3 Å². The molecule has 1 aromatic carbocycles. The van der Waals surface area contributed by atoms with E-state index in [4.69, 9.17) is 0 Å². The Labute approximate surface area is 159 Å². The van der Waals surface area contributed by atoms with Crippen molar-refractivity contribution in [3.05, 3.63) is 39.9 Å². The number of carbonyl (C=O) groups is 1. The first-order valence-corrected chi connectivity index (χ1v) is 9.96. The number of hydrogen-bond acceptors (Lipinski definition) is 5. The van der Waals surface area contributed by atoms with Gasteiger partial charge in [0.2, 0.25) is 0 Å². The van der Waals surface area contributed by atoms with Gasteiger partial charge in [-0.3, -0.25) is 24.7 Å². The van der Waals surface area contributed by atoms with Crippen molar-refractivity contribution < 1.29 is 14.8 Å². The van der Waals surface area contributed by atoms with Gasteiger partial charge in [-0.05, 0) is 56.2 Å². The molecule has 0 radical (unpaired) electrons. The average Bonchev–Trinajstić information content (AvgIpc) is 2.65. The number of carboxylic acids is 1. The smallest absolute Gasteiger partial charge is 0.304 e. The van der Waals surface area contributed by atoms with Crippen LogP contribution in [0, 0.1) is 22.0 Å². The Morgan fingerprint density at radius 2 is 1.89 bits per heavy atom. The van der Waals surface area contributed by atoms with E-state index in [-0.39, 0.29) is 23.1 Å². The van der Waals surface area contributed by atoms with E-state index in [1.165, 1.54) is 25.0 Å². The minimum Gasteiger partial charge on any atom is -0.481 e. The second-order valence-corrected chi connectivity index (χ2v) is 8.25. The standard InChI is InChI=1S/C20H27N3O4/c24-19(25)11-18-17-4-2-10-21-9-1-3-15(20(17)21)13-22(18)12-14-5-7-16(8-6-14)23(26)27/h5-8,15,17-18,20H,1-4,9-13H2,(H,24,25)/t15-,17+,18+,20-/m0/s1. The molecule has 3 aliphatic heterocycles. The predicted octanol–water partition coefficient (Wildman–Crippen LogP) is 2.74. The number of nitro groups is 1. The van der Waals surface area contributed by atoms with E-state index in [0.717, 1.165) is 38.0 Å². The molecule has 27 heavy (non-hydrogen) atoms. The second-order valence-electron chi connectivity index (χ2n) is 8.25. The van der Waals surface area contributed by atoms with Crippen LogP contribution in [0.1, 0.15) is 37.7 Å². The van der Waals surface area contributed by atoms with Crippen molar-refractivity contribution in [2.45, 2.75) is 50.7 Å². The van der Waals surface area contributed by atoms with Crippen LogP contribution in [0.15, 0.2) is 24.3 Å². The van der Waals surface area contributed by atoms with E-state index in [2.05, 4.69) is 9.80 Å². The van der Waals surface area contributed by atoms with Crippen LogP contribution in [-0.4, -0.2) is 57.5 Å². The Hall–Kier alpha value is -1.99. The normalized spacial score (nSPS) is 31.3. The maximum atomic E-state index is 11.6. The summed E-state index contributed by atoms with van der Waals surface area (Å²) in [6.45, 7) is 3.89. The number of piperidine rings is 3. The SMILES string of the molecule is O=C(O)C[C@@H]1[C@H]2CCCN3CCC[C@@H](CN1Cc1ccc([N+](=O)[O-])cc1)[C@@H]23. The summed E-state index contributed by atoms with van der Waals surface area (Å²) in [5.74, 6) is 0.277. The van der Waals surface area contributed by atoms with E-state index >= 15 is 0 Å². The van der Waals surface area contributed by atoms with Gasteiger partial charge in [-0.25, -0.2) is 0 Å². The molecule has 4 rings (SSSR count). The number of nitrogens with zero attached hydrogens (tertiary/aromatic N) is 3. The largest absolute Gasteiger partial charge is 0.481 e. The first kappa shape index (κ1) is 18.4. The van der Waals surface area contributed by atoms with Crippen molar-refractivity contribution in [3.8, 4) is 0 Å². The second kappa shape index (κ2) is 7.56. The quantitative estimate of drug-likeness (QED) is 0.631. The third-order valence-electron chi connectivity index (χ3n) is 6.70. The number of carboxylic acid groups (broad SMARTS) is 1. The van der Waals surface area contributed by atoms with Gasteiger partial charge in [0.25, 0.3) is 5.69 Å². The summed E-state index contributed by atoms with van der Waals surface area (Å²) in [6, 6.07) is 7.26. The fourth-order valence-corrected chi connectivity index (χ4v) is 5.68. The van der Waals surface area contributed by atoms with Crippen LogP contribution >= 0.6 is 0 Å². The Balaban J connectivity index is 1.57. The molecule has 0 bridgehead atoms. The van der Waals surface area contributed by atoms with Gasteiger partial charge in [0.1, 0.15) is 0 Å². The van der Waals surface area contributed by atoms with Gasteiger partial charge in [-0.15, -0.1) is 0 Å². The van der Waals surface area contributed by atoms with Crippen molar-refractivity contribution in [2.24, 2.45) is 11.8 Å².